The molecule has 0 saturated heterocycles. The van der Waals surface area contributed by atoms with Gasteiger partial charge >= 0.3 is 11.9 Å². The zero-order valence-electron chi connectivity index (χ0n) is 6.66. The molecule has 0 aliphatic rings. The second-order valence-corrected chi connectivity index (χ2v) is 2.95. The Morgan fingerprint density at radius 2 is 1.93 bits per heavy atom. The minimum Gasteiger partial charge on any atom is -0.478 e. The third-order valence-corrected chi connectivity index (χ3v) is 1.88. The van der Waals surface area contributed by atoms with Crippen LogP contribution in [0.1, 0.15) is 20.7 Å². The monoisotopic (exact) mass is 234 g/mol. The van der Waals surface area contributed by atoms with Crippen LogP contribution in [0.25, 0.3) is 0 Å². The lowest BCUT2D eigenvalue weighted by Crippen LogP contribution is -2.08. The number of carbonyl (C=O) groups excluding carboxylic acids is 1. The third kappa shape index (κ3) is 2.16. The molecule has 4 nitrogen and oxygen atoms in total. The smallest absolute Gasteiger partial charge is 0.357 e. The van der Waals surface area contributed by atoms with Gasteiger partial charge in [-0.3, -0.25) is 0 Å². The van der Waals surface area contributed by atoms with E-state index in [4.69, 9.17) is 28.6 Å². The summed E-state index contributed by atoms with van der Waals surface area (Å²) in [6.07, 6.45) is 0. The van der Waals surface area contributed by atoms with Crippen molar-refractivity contribution in [2.75, 3.05) is 0 Å². The molecule has 0 aliphatic heterocycles. The first-order valence-corrected chi connectivity index (χ1v) is 4.10. The Kier molecular flexibility index (Phi) is 3.33. The predicted molar refractivity (Wildman–Crippen MR) is 49.7 cm³/mol. The van der Waals surface area contributed by atoms with Crippen molar-refractivity contribution < 1.29 is 19.0 Å². The van der Waals surface area contributed by atoms with Crippen LogP contribution in [0.3, 0.4) is 0 Å². The van der Waals surface area contributed by atoms with E-state index in [1.165, 1.54) is 18.2 Å². The van der Waals surface area contributed by atoms with E-state index in [0.29, 0.717) is 0 Å². The highest BCUT2D eigenvalue weighted by Gasteiger charge is 2.17. The normalized spacial score (nSPS) is 9.57. The second-order valence-electron chi connectivity index (χ2n) is 2.36. The molecule has 0 fully saturated rings. The van der Waals surface area contributed by atoms with Crippen molar-refractivity contribution in [2.45, 2.75) is 0 Å². The molecular weight excluding hydrogens is 231 g/mol. The number of halogens is 2. The van der Waals surface area contributed by atoms with E-state index < -0.39 is 11.9 Å². The molecule has 0 radical (unpaired) electrons. The van der Waals surface area contributed by atoms with Crippen molar-refractivity contribution in [1.29, 1.82) is 0 Å². The molecular formula is C8H4Cl2O4. The Balaban J connectivity index is 3.29. The standard InChI is InChI=1S/C8H4Cl2O4/c9-4-1-2-5(7(11)12)6(3-4)8(13)14-10/h1-3H,(H,11,12). The van der Waals surface area contributed by atoms with Gasteiger partial charge in [0, 0.05) is 5.02 Å². The molecule has 1 rings (SSSR count). The fraction of sp³-hybridized carbons (Fsp3) is 0. The molecule has 0 heterocycles. The van der Waals surface area contributed by atoms with Crippen molar-refractivity contribution in [1.82, 2.24) is 0 Å². The van der Waals surface area contributed by atoms with Gasteiger partial charge in [-0.1, -0.05) is 11.6 Å². The van der Waals surface area contributed by atoms with Crippen LogP contribution in [0.4, 0.5) is 0 Å². The summed E-state index contributed by atoms with van der Waals surface area (Å²) in [6, 6.07) is 3.74. The average molecular weight is 235 g/mol. The van der Waals surface area contributed by atoms with E-state index >= 15 is 0 Å². The number of rotatable bonds is 2. The SMILES string of the molecule is O=C(O)c1ccc(Cl)cc1C(=O)OCl. The van der Waals surface area contributed by atoms with Crippen LogP contribution >= 0.6 is 23.5 Å². The highest BCUT2D eigenvalue weighted by molar-refractivity contribution is 6.31. The highest BCUT2D eigenvalue weighted by Crippen LogP contribution is 2.17. The Hall–Kier alpha value is -1.26. The Labute approximate surface area is 89.2 Å². The van der Waals surface area contributed by atoms with Crippen molar-refractivity contribution in [3.63, 3.8) is 0 Å². The lowest BCUT2D eigenvalue weighted by Gasteiger charge is -2.02. The van der Waals surface area contributed by atoms with Gasteiger partial charge in [-0.25, -0.2) is 9.59 Å². The van der Waals surface area contributed by atoms with Gasteiger partial charge in [0.25, 0.3) is 0 Å². The van der Waals surface area contributed by atoms with Crippen LogP contribution in [0, 0.1) is 0 Å². The van der Waals surface area contributed by atoms with Gasteiger partial charge in [0.1, 0.15) is 11.9 Å². The molecule has 0 aliphatic carbocycles. The topological polar surface area (TPSA) is 63.6 Å². The van der Waals surface area contributed by atoms with E-state index in [9.17, 15) is 9.59 Å². The maximum absolute atomic E-state index is 11.0. The van der Waals surface area contributed by atoms with E-state index in [2.05, 4.69) is 4.29 Å². The molecule has 74 valence electrons. The van der Waals surface area contributed by atoms with Crippen LogP contribution < -0.4 is 0 Å². The summed E-state index contributed by atoms with van der Waals surface area (Å²) in [7, 11) is 0. The first kappa shape index (κ1) is 10.8. The number of hydrogen-bond donors (Lipinski definition) is 1. The average Bonchev–Trinajstić information content (AvgIpc) is 2.16. The molecule has 0 atom stereocenters. The van der Waals surface area contributed by atoms with Crippen LogP contribution in [0.5, 0.6) is 0 Å². The molecule has 0 aromatic heterocycles. The van der Waals surface area contributed by atoms with Gasteiger partial charge < -0.3 is 9.40 Å². The van der Waals surface area contributed by atoms with Gasteiger partial charge in [-0.15, -0.1) is 0 Å². The summed E-state index contributed by atoms with van der Waals surface area (Å²) in [6.45, 7) is 0. The maximum atomic E-state index is 11.0. The van der Waals surface area contributed by atoms with Gasteiger partial charge in [0.2, 0.25) is 0 Å². The number of hydrogen-bond acceptors (Lipinski definition) is 3. The molecule has 0 bridgehead atoms. The summed E-state index contributed by atoms with van der Waals surface area (Å²) < 4.78 is 3.89. The minimum absolute atomic E-state index is 0.181. The highest BCUT2D eigenvalue weighted by atomic mass is 35.5. The third-order valence-electron chi connectivity index (χ3n) is 1.50. The zero-order valence-corrected chi connectivity index (χ0v) is 8.17. The number of carboxylic acid groups (broad SMARTS) is 1. The van der Waals surface area contributed by atoms with Gasteiger partial charge in [0.15, 0.2) is 0 Å². The van der Waals surface area contributed by atoms with Gasteiger partial charge in [-0.05, 0) is 18.2 Å². The molecule has 1 aromatic rings. The van der Waals surface area contributed by atoms with Crippen LogP contribution in [-0.4, -0.2) is 17.0 Å². The van der Waals surface area contributed by atoms with Crippen molar-refractivity contribution in [3.05, 3.63) is 34.3 Å². The lowest BCUT2D eigenvalue weighted by molar-refractivity contribution is 0.0672. The van der Waals surface area contributed by atoms with E-state index in [0.717, 1.165) is 0 Å². The van der Waals surface area contributed by atoms with Crippen molar-refractivity contribution >= 4 is 35.4 Å². The van der Waals surface area contributed by atoms with Crippen molar-refractivity contribution in [3.8, 4) is 0 Å². The number of benzene rings is 1. The van der Waals surface area contributed by atoms with Crippen LogP contribution in [0.15, 0.2) is 18.2 Å². The fourth-order valence-corrected chi connectivity index (χ4v) is 1.17. The van der Waals surface area contributed by atoms with E-state index in [1.54, 1.807) is 0 Å². The summed E-state index contributed by atoms with van der Waals surface area (Å²) in [5, 5.41) is 8.94. The largest absolute Gasteiger partial charge is 0.478 e. The zero-order chi connectivity index (χ0) is 10.7. The van der Waals surface area contributed by atoms with Crippen LogP contribution in [0.2, 0.25) is 5.02 Å². The first-order chi connectivity index (χ1) is 6.56. The Morgan fingerprint density at radius 3 is 2.43 bits per heavy atom. The molecule has 0 spiro atoms. The predicted octanol–water partition coefficient (Wildman–Crippen LogP) is 2.35. The second kappa shape index (κ2) is 4.30. The number of aromatic carboxylic acids is 1. The molecule has 6 heteroatoms. The lowest BCUT2D eigenvalue weighted by atomic mass is 10.1. The molecule has 1 aromatic carbocycles. The number of carbonyl (C=O) groups is 2. The van der Waals surface area contributed by atoms with E-state index in [1.807, 2.05) is 0 Å². The Bertz CT molecular complexity index is 389. The van der Waals surface area contributed by atoms with Crippen molar-refractivity contribution in [2.24, 2.45) is 0 Å². The van der Waals surface area contributed by atoms with Gasteiger partial charge in [-0.2, -0.15) is 0 Å². The first-order valence-electron chi connectivity index (χ1n) is 3.42. The summed E-state index contributed by atoms with van der Waals surface area (Å²) in [5.41, 5.74) is -0.389. The molecule has 0 unspecified atom stereocenters. The number of carboxylic acids is 1. The quantitative estimate of drug-likeness (QED) is 0.854. The summed E-state index contributed by atoms with van der Waals surface area (Å²) in [5.74, 6) is -2.20. The molecule has 0 saturated carbocycles. The fourth-order valence-electron chi connectivity index (χ4n) is 0.913. The van der Waals surface area contributed by atoms with E-state index in [-0.39, 0.29) is 16.1 Å². The molecule has 0 amide bonds. The summed E-state index contributed by atoms with van der Waals surface area (Å²) in [4.78, 5) is 21.7. The minimum atomic E-state index is -1.25. The molecule has 1 N–H and O–H groups in total. The van der Waals surface area contributed by atoms with Gasteiger partial charge in [0.05, 0.1) is 11.1 Å². The summed E-state index contributed by atoms with van der Waals surface area (Å²) >= 11 is 10.4. The molecule has 14 heavy (non-hydrogen) atoms. The Morgan fingerprint density at radius 1 is 1.29 bits per heavy atom. The van der Waals surface area contributed by atoms with Crippen LogP contribution in [-0.2, 0) is 4.29 Å². The maximum Gasteiger partial charge on any atom is 0.357 e.